The van der Waals surface area contributed by atoms with E-state index in [1.807, 2.05) is 61.5 Å². The number of ether oxygens (including phenoxy) is 1. The molecule has 0 spiro atoms. The van der Waals surface area contributed by atoms with Crippen LogP contribution in [0, 0.1) is 0 Å². The molecule has 0 aliphatic rings. The molecule has 0 radical (unpaired) electrons. The van der Waals surface area contributed by atoms with Gasteiger partial charge in [-0.1, -0.05) is 35.9 Å². The second-order valence-electron chi connectivity index (χ2n) is 6.19. The third-order valence-electron chi connectivity index (χ3n) is 3.84. The highest BCUT2D eigenvalue weighted by Gasteiger charge is 2.13. The molecule has 1 amide bonds. The van der Waals surface area contributed by atoms with Crippen LogP contribution in [0.25, 0.3) is 0 Å². The molecule has 7 heteroatoms. The molecule has 0 atom stereocenters. The fraction of sp³-hybridized carbons (Fsp3) is 0.300. The lowest BCUT2D eigenvalue weighted by Gasteiger charge is -2.18. The number of esters is 1. The van der Waals surface area contributed by atoms with Crippen LogP contribution in [0.4, 0.5) is 5.69 Å². The molecule has 2 rings (SSSR count). The minimum atomic E-state index is -0.447. The van der Waals surface area contributed by atoms with Gasteiger partial charge in [0.25, 0.3) is 5.91 Å². The molecule has 2 aromatic carbocycles. The number of carbonyl (C=O) groups is 2. The van der Waals surface area contributed by atoms with Crippen molar-refractivity contribution in [1.29, 1.82) is 0 Å². The van der Waals surface area contributed by atoms with E-state index in [1.165, 1.54) is 11.8 Å². The molecule has 0 aliphatic heterocycles. The summed E-state index contributed by atoms with van der Waals surface area (Å²) in [5.41, 5.74) is 2.11. The molecule has 0 aliphatic carbocycles. The Balaban J connectivity index is 1.75. The van der Waals surface area contributed by atoms with Gasteiger partial charge < -0.3 is 14.5 Å². The Morgan fingerprint density at radius 1 is 1.04 bits per heavy atom. The number of rotatable bonds is 8. The van der Waals surface area contributed by atoms with E-state index in [-0.39, 0.29) is 18.3 Å². The Morgan fingerprint density at radius 3 is 2.33 bits per heavy atom. The van der Waals surface area contributed by atoms with Gasteiger partial charge in [0.1, 0.15) is 0 Å². The maximum atomic E-state index is 12.2. The van der Waals surface area contributed by atoms with Gasteiger partial charge in [0.05, 0.1) is 10.8 Å². The van der Waals surface area contributed by atoms with Crippen molar-refractivity contribution in [3.8, 4) is 0 Å². The van der Waals surface area contributed by atoms with Gasteiger partial charge in [-0.2, -0.15) is 0 Å². The van der Waals surface area contributed by atoms with Crippen LogP contribution in [0.5, 0.6) is 0 Å². The van der Waals surface area contributed by atoms with Gasteiger partial charge in [-0.05, 0) is 29.8 Å². The summed E-state index contributed by atoms with van der Waals surface area (Å²) in [5.74, 6) is -0.591. The van der Waals surface area contributed by atoms with Crippen LogP contribution in [0.2, 0.25) is 5.02 Å². The number of likely N-dealkylation sites (N-methyl/N-ethyl adjacent to an activating group) is 1. The SMILES string of the molecule is CN(Cc1ccc(N(C)C)cc1)C(=O)COC(=O)CSc1ccccc1Cl. The van der Waals surface area contributed by atoms with E-state index in [2.05, 4.69) is 0 Å². The van der Waals surface area contributed by atoms with E-state index in [0.717, 1.165) is 16.1 Å². The molecule has 0 bridgehead atoms. The van der Waals surface area contributed by atoms with Crippen LogP contribution >= 0.6 is 23.4 Å². The van der Waals surface area contributed by atoms with E-state index in [4.69, 9.17) is 16.3 Å². The molecule has 0 unspecified atom stereocenters. The predicted molar refractivity (Wildman–Crippen MR) is 110 cm³/mol. The fourth-order valence-corrected chi connectivity index (χ4v) is 3.29. The van der Waals surface area contributed by atoms with Gasteiger partial charge in [-0.25, -0.2) is 0 Å². The predicted octanol–water partition coefficient (Wildman–Crippen LogP) is 3.70. The van der Waals surface area contributed by atoms with E-state index in [9.17, 15) is 9.59 Å². The topological polar surface area (TPSA) is 49.9 Å². The summed E-state index contributed by atoms with van der Waals surface area (Å²) in [6, 6.07) is 15.2. The van der Waals surface area contributed by atoms with Crippen LogP contribution in [0.15, 0.2) is 53.4 Å². The summed E-state index contributed by atoms with van der Waals surface area (Å²) in [6.45, 7) is 0.187. The standard InChI is InChI=1S/C20H23ClN2O3S/c1-22(2)16-10-8-15(9-11-16)12-23(3)19(24)13-26-20(25)14-27-18-7-5-4-6-17(18)21/h4-11H,12-14H2,1-3H3. The smallest absolute Gasteiger partial charge is 0.316 e. The number of hydrogen-bond donors (Lipinski definition) is 0. The van der Waals surface area contributed by atoms with Crippen LogP contribution in [-0.2, 0) is 20.9 Å². The number of halogens is 1. The monoisotopic (exact) mass is 406 g/mol. The first-order valence-electron chi connectivity index (χ1n) is 8.40. The van der Waals surface area contributed by atoms with Gasteiger partial charge in [0, 0.05) is 38.3 Å². The zero-order valence-electron chi connectivity index (χ0n) is 15.6. The Hall–Kier alpha value is -2.18. The molecule has 5 nitrogen and oxygen atoms in total. The third-order valence-corrected chi connectivity index (χ3v) is 5.33. The molecule has 27 heavy (non-hydrogen) atoms. The molecule has 144 valence electrons. The maximum Gasteiger partial charge on any atom is 0.316 e. The molecule has 0 saturated heterocycles. The van der Waals surface area contributed by atoms with Crippen LogP contribution in [0.3, 0.4) is 0 Å². The number of carbonyl (C=O) groups excluding carboxylic acids is 2. The molecule has 0 aromatic heterocycles. The zero-order valence-corrected chi connectivity index (χ0v) is 17.2. The van der Waals surface area contributed by atoms with Crippen LogP contribution in [-0.4, -0.2) is 50.3 Å². The van der Waals surface area contributed by atoms with Crippen LogP contribution in [0.1, 0.15) is 5.56 Å². The third kappa shape index (κ3) is 6.81. The summed E-state index contributed by atoms with van der Waals surface area (Å²) in [7, 11) is 5.64. The van der Waals surface area contributed by atoms with Gasteiger partial charge in [0.15, 0.2) is 6.61 Å². The fourth-order valence-electron chi connectivity index (χ4n) is 2.25. The molecule has 0 N–H and O–H groups in total. The first-order valence-corrected chi connectivity index (χ1v) is 9.76. The van der Waals surface area contributed by atoms with E-state index >= 15 is 0 Å². The van der Waals surface area contributed by atoms with Gasteiger partial charge in [0.2, 0.25) is 0 Å². The van der Waals surface area contributed by atoms with Crippen molar-refractivity contribution in [3.63, 3.8) is 0 Å². The van der Waals surface area contributed by atoms with Crippen molar-refractivity contribution in [2.75, 3.05) is 38.4 Å². The summed E-state index contributed by atoms with van der Waals surface area (Å²) in [5, 5.41) is 0.589. The molecule has 0 saturated carbocycles. The number of benzene rings is 2. The van der Waals surface area contributed by atoms with Crippen molar-refractivity contribution in [3.05, 3.63) is 59.1 Å². The summed E-state index contributed by atoms with van der Waals surface area (Å²) >= 11 is 7.33. The van der Waals surface area contributed by atoms with Crippen molar-refractivity contribution >= 4 is 40.9 Å². The van der Waals surface area contributed by atoms with Gasteiger partial charge >= 0.3 is 5.97 Å². The number of anilines is 1. The van der Waals surface area contributed by atoms with E-state index < -0.39 is 5.97 Å². The largest absolute Gasteiger partial charge is 0.455 e. The van der Waals surface area contributed by atoms with Crippen LogP contribution < -0.4 is 4.90 Å². The van der Waals surface area contributed by atoms with Crippen molar-refractivity contribution in [2.24, 2.45) is 0 Å². The lowest BCUT2D eigenvalue weighted by atomic mass is 10.2. The number of thioether (sulfide) groups is 1. The second kappa shape index (κ2) is 10.2. The van der Waals surface area contributed by atoms with E-state index in [0.29, 0.717) is 11.6 Å². The summed E-state index contributed by atoms with van der Waals surface area (Å²) in [4.78, 5) is 28.4. The Bertz CT molecular complexity index is 781. The summed E-state index contributed by atoms with van der Waals surface area (Å²) < 4.78 is 5.07. The minimum absolute atomic E-state index is 0.104. The van der Waals surface area contributed by atoms with E-state index in [1.54, 1.807) is 18.0 Å². The number of nitrogens with zero attached hydrogens (tertiary/aromatic N) is 2. The quantitative estimate of drug-likeness (QED) is 0.494. The highest BCUT2D eigenvalue weighted by Crippen LogP contribution is 2.26. The Morgan fingerprint density at radius 2 is 1.70 bits per heavy atom. The number of amides is 1. The lowest BCUT2D eigenvalue weighted by molar-refractivity contribution is -0.149. The van der Waals surface area contributed by atoms with Gasteiger partial charge in [-0.15, -0.1) is 11.8 Å². The highest BCUT2D eigenvalue weighted by molar-refractivity contribution is 8.00. The normalized spacial score (nSPS) is 10.4. The Kier molecular flexibility index (Phi) is 8.00. The molecule has 2 aromatic rings. The number of hydrogen-bond acceptors (Lipinski definition) is 5. The van der Waals surface area contributed by atoms with Crippen molar-refractivity contribution in [1.82, 2.24) is 4.90 Å². The van der Waals surface area contributed by atoms with Crippen molar-refractivity contribution < 1.29 is 14.3 Å². The minimum Gasteiger partial charge on any atom is -0.455 e. The molecular formula is C20H23ClN2O3S. The van der Waals surface area contributed by atoms with Crippen molar-refractivity contribution in [2.45, 2.75) is 11.4 Å². The molecular weight excluding hydrogens is 384 g/mol. The Labute approximate surface area is 169 Å². The first kappa shape index (κ1) is 21.1. The molecule has 0 fully saturated rings. The average Bonchev–Trinajstić information content (AvgIpc) is 2.65. The maximum absolute atomic E-state index is 12.2. The second-order valence-corrected chi connectivity index (χ2v) is 7.61. The highest BCUT2D eigenvalue weighted by atomic mass is 35.5. The molecule has 0 heterocycles. The zero-order chi connectivity index (χ0) is 19.8. The average molecular weight is 407 g/mol. The summed E-state index contributed by atoms with van der Waals surface area (Å²) in [6.07, 6.45) is 0. The lowest BCUT2D eigenvalue weighted by Crippen LogP contribution is -2.31. The van der Waals surface area contributed by atoms with Gasteiger partial charge in [-0.3, -0.25) is 9.59 Å². The first-order chi connectivity index (χ1) is 12.9.